The van der Waals surface area contributed by atoms with E-state index >= 15 is 0 Å². The summed E-state index contributed by atoms with van der Waals surface area (Å²) in [6.45, 7) is -0.0841. The van der Waals surface area contributed by atoms with Crippen molar-refractivity contribution in [1.29, 1.82) is 0 Å². The fraction of sp³-hybridized carbons (Fsp3) is 0.190. The summed E-state index contributed by atoms with van der Waals surface area (Å²) in [5.74, 6) is 1.01. The molecule has 0 unspecified atom stereocenters. The molecule has 0 radical (unpaired) electrons. The van der Waals surface area contributed by atoms with Crippen molar-refractivity contribution in [2.24, 2.45) is 0 Å². The molecule has 10 heteroatoms. The lowest BCUT2D eigenvalue weighted by molar-refractivity contribution is -0.138. The van der Waals surface area contributed by atoms with Crippen LogP contribution >= 0.6 is 11.6 Å². The van der Waals surface area contributed by atoms with Crippen LogP contribution in [0.15, 0.2) is 49.1 Å². The first-order valence-electron chi connectivity index (χ1n) is 9.24. The van der Waals surface area contributed by atoms with E-state index in [0.717, 1.165) is 34.4 Å². The number of hydrogen-bond donors (Lipinski definition) is 2. The van der Waals surface area contributed by atoms with Crippen molar-refractivity contribution in [3.05, 3.63) is 76.5 Å². The van der Waals surface area contributed by atoms with E-state index < -0.39 is 11.7 Å². The van der Waals surface area contributed by atoms with Gasteiger partial charge in [0.25, 0.3) is 0 Å². The number of nitrogens with zero attached hydrogens (tertiary/aromatic N) is 3. The Morgan fingerprint density at radius 1 is 1.13 bits per heavy atom. The fourth-order valence-corrected chi connectivity index (χ4v) is 3.45. The maximum Gasteiger partial charge on any atom is 0.416 e. The van der Waals surface area contributed by atoms with E-state index in [0.29, 0.717) is 18.0 Å². The number of anilines is 1. The van der Waals surface area contributed by atoms with Crippen LogP contribution in [0.5, 0.6) is 5.75 Å². The summed E-state index contributed by atoms with van der Waals surface area (Å²) < 4.78 is 44.6. The van der Waals surface area contributed by atoms with Crippen LogP contribution in [-0.4, -0.2) is 27.0 Å². The molecular weight excluding hydrogens is 431 g/mol. The highest BCUT2D eigenvalue weighted by molar-refractivity contribution is 6.30. The molecule has 0 bridgehead atoms. The summed E-state index contributed by atoms with van der Waals surface area (Å²) in [6, 6.07) is 6.31. The van der Waals surface area contributed by atoms with E-state index in [-0.39, 0.29) is 17.3 Å². The smallest absolute Gasteiger partial charge is 0.416 e. The van der Waals surface area contributed by atoms with E-state index in [1.54, 1.807) is 25.4 Å². The van der Waals surface area contributed by atoms with Crippen molar-refractivity contribution in [1.82, 2.24) is 19.9 Å². The highest BCUT2D eigenvalue weighted by atomic mass is 35.5. The van der Waals surface area contributed by atoms with Gasteiger partial charge >= 0.3 is 6.18 Å². The number of hydrogen-bond acceptors (Lipinski definition) is 5. The van der Waals surface area contributed by atoms with Crippen LogP contribution in [0, 0.1) is 0 Å². The summed E-state index contributed by atoms with van der Waals surface area (Å²) in [4.78, 5) is 15.5. The monoisotopic (exact) mass is 447 g/mol. The zero-order valence-corrected chi connectivity index (χ0v) is 17.1. The van der Waals surface area contributed by atoms with Gasteiger partial charge in [0.15, 0.2) is 0 Å². The lowest BCUT2D eigenvalue weighted by atomic mass is 10.1. The van der Waals surface area contributed by atoms with Crippen molar-refractivity contribution in [2.75, 3.05) is 12.4 Å². The molecule has 0 aliphatic carbocycles. The van der Waals surface area contributed by atoms with Gasteiger partial charge in [-0.25, -0.2) is 9.97 Å². The first-order chi connectivity index (χ1) is 14.8. The zero-order valence-electron chi connectivity index (χ0n) is 16.3. The lowest BCUT2D eigenvalue weighted by Gasteiger charge is -2.13. The fourth-order valence-electron chi connectivity index (χ4n) is 3.23. The Morgan fingerprint density at radius 2 is 1.97 bits per heavy atom. The Kier molecular flexibility index (Phi) is 5.69. The van der Waals surface area contributed by atoms with Gasteiger partial charge in [-0.3, -0.25) is 4.98 Å². The Morgan fingerprint density at radius 3 is 2.71 bits per heavy atom. The predicted octanol–water partition coefficient (Wildman–Crippen LogP) is 5.24. The largest absolute Gasteiger partial charge is 0.495 e. The van der Waals surface area contributed by atoms with Crippen LogP contribution < -0.4 is 10.1 Å². The molecule has 2 N–H and O–H groups in total. The van der Waals surface area contributed by atoms with Gasteiger partial charge in [-0.05, 0) is 29.3 Å². The van der Waals surface area contributed by atoms with Gasteiger partial charge in [-0.15, -0.1) is 0 Å². The highest BCUT2D eigenvalue weighted by Gasteiger charge is 2.33. The molecule has 0 spiro atoms. The normalized spacial score (nSPS) is 11.6. The van der Waals surface area contributed by atoms with Gasteiger partial charge < -0.3 is 15.0 Å². The van der Waals surface area contributed by atoms with E-state index in [4.69, 9.17) is 16.3 Å². The highest BCUT2D eigenvalue weighted by Crippen LogP contribution is 2.32. The molecule has 0 aromatic carbocycles. The van der Waals surface area contributed by atoms with E-state index in [1.165, 1.54) is 6.20 Å². The molecule has 160 valence electrons. The second kappa shape index (κ2) is 8.43. The molecule has 6 nitrogen and oxygen atoms in total. The van der Waals surface area contributed by atoms with Gasteiger partial charge in [0.05, 0.1) is 18.9 Å². The average Bonchev–Trinajstić information content (AvgIpc) is 3.15. The maximum absolute atomic E-state index is 13.1. The Hall–Kier alpha value is -3.33. The Labute approximate surface area is 180 Å². The molecule has 4 heterocycles. The number of nitrogens with one attached hydrogen (secondary N) is 2. The number of alkyl halides is 3. The van der Waals surface area contributed by atoms with Gasteiger partial charge in [0.2, 0.25) is 0 Å². The zero-order chi connectivity index (χ0) is 22.0. The van der Waals surface area contributed by atoms with Gasteiger partial charge in [0.1, 0.15) is 22.4 Å². The maximum atomic E-state index is 13.1. The van der Waals surface area contributed by atoms with Crippen molar-refractivity contribution in [3.8, 4) is 5.75 Å². The minimum Gasteiger partial charge on any atom is -0.495 e. The molecule has 0 aliphatic rings. The Bertz CT molecular complexity index is 1230. The summed E-state index contributed by atoms with van der Waals surface area (Å²) in [5, 5.41) is 4.05. The third-order valence-corrected chi connectivity index (χ3v) is 5.13. The number of halogens is 4. The van der Waals surface area contributed by atoms with Crippen LogP contribution in [0.1, 0.15) is 22.3 Å². The predicted molar refractivity (Wildman–Crippen MR) is 111 cm³/mol. The van der Waals surface area contributed by atoms with Crippen LogP contribution in [0.2, 0.25) is 5.15 Å². The molecule has 31 heavy (non-hydrogen) atoms. The number of pyridine rings is 3. The summed E-state index contributed by atoms with van der Waals surface area (Å²) in [5.41, 5.74) is 1.76. The topological polar surface area (TPSA) is 75.7 Å². The number of aromatic amines is 1. The first kappa shape index (κ1) is 20.9. The van der Waals surface area contributed by atoms with Gasteiger partial charge in [0, 0.05) is 42.5 Å². The number of rotatable bonds is 6. The number of fused-ring (bicyclic) bond motifs is 1. The van der Waals surface area contributed by atoms with Crippen molar-refractivity contribution < 1.29 is 17.9 Å². The van der Waals surface area contributed by atoms with Gasteiger partial charge in [-0.1, -0.05) is 17.7 Å². The second-order valence-electron chi connectivity index (χ2n) is 6.79. The third kappa shape index (κ3) is 4.56. The molecular formula is C21H17ClF3N5O. The van der Waals surface area contributed by atoms with Crippen molar-refractivity contribution in [2.45, 2.75) is 19.1 Å². The van der Waals surface area contributed by atoms with Crippen LogP contribution in [0.25, 0.3) is 11.0 Å². The van der Waals surface area contributed by atoms with E-state index in [1.807, 2.05) is 12.3 Å². The molecule has 4 aromatic rings. The third-order valence-electron chi connectivity index (χ3n) is 4.80. The standard InChI is InChI=1S/C21H17ClF3N5O/c1-31-15-7-16-13(9-28-20(16)29-11-15)6-12-2-3-18(30-19(12)22)27-10-14-8-26-5-4-17(14)21(23,24)25/h2-5,7-9,11H,6,10H2,1H3,(H,27,30)(H,28,29). The van der Waals surface area contributed by atoms with Crippen LogP contribution in [-0.2, 0) is 19.1 Å². The second-order valence-corrected chi connectivity index (χ2v) is 7.15. The molecule has 4 aromatic heterocycles. The van der Waals surface area contributed by atoms with Crippen LogP contribution in [0.3, 0.4) is 0 Å². The van der Waals surface area contributed by atoms with E-state index in [2.05, 4.69) is 25.3 Å². The SMILES string of the molecule is COc1cnc2[nH]cc(Cc3ccc(NCc4cnccc4C(F)(F)F)nc3Cl)c2c1. The van der Waals surface area contributed by atoms with E-state index in [9.17, 15) is 13.2 Å². The number of methoxy groups -OCH3 is 1. The number of aromatic nitrogens is 4. The molecule has 4 rings (SSSR count). The van der Waals surface area contributed by atoms with Crippen LogP contribution in [0.4, 0.5) is 19.0 Å². The molecule has 0 atom stereocenters. The number of H-pyrrole nitrogens is 1. The quantitative estimate of drug-likeness (QED) is 0.395. The lowest BCUT2D eigenvalue weighted by Crippen LogP contribution is -2.12. The molecule has 0 saturated heterocycles. The number of ether oxygens (including phenoxy) is 1. The molecule has 0 amide bonds. The van der Waals surface area contributed by atoms with Crippen molar-refractivity contribution in [3.63, 3.8) is 0 Å². The minimum absolute atomic E-state index is 0.0252. The van der Waals surface area contributed by atoms with Gasteiger partial charge in [-0.2, -0.15) is 13.2 Å². The minimum atomic E-state index is -4.45. The average molecular weight is 448 g/mol. The first-order valence-corrected chi connectivity index (χ1v) is 9.62. The Balaban J connectivity index is 1.51. The summed E-state index contributed by atoms with van der Waals surface area (Å²) in [7, 11) is 1.57. The molecule has 0 aliphatic heterocycles. The summed E-state index contributed by atoms with van der Waals surface area (Å²) >= 11 is 6.35. The summed E-state index contributed by atoms with van der Waals surface area (Å²) in [6.07, 6.45) is 1.83. The molecule has 0 saturated carbocycles. The molecule has 0 fully saturated rings. The van der Waals surface area contributed by atoms with Crippen molar-refractivity contribution >= 4 is 28.5 Å².